The highest BCUT2D eigenvalue weighted by molar-refractivity contribution is 6.30. The van der Waals surface area contributed by atoms with Gasteiger partial charge in [0, 0.05) is 16.9 Å². The van der Waals surface area contributed by atoms with Crippen molar-refractivity contribution in [3.8, 4) is 0 Å². The first-order chi connectivity index (χ1) is 10.8. The molecule has 0 aliphatic carbocycles. The molecule has 7 heteroatoms. The van der Waals surface area contributed by atoms with E-state index in [1.54, 1.807) is 30.3 Å². The molecule has 2 amide bonds. The lowest BCUT2D eigenvalue weighted by Crippen LogP contribution is -2.23. The smallest absolute Gasteiger partial charge is 0.314 e. The fourth-order valence-electron chi connectivity index (χ4n) is 1.73. The van der Waals surface area contributed by atoms with Gasteiger partial charge in [0.15, 0.2) is 0 Å². The van der Waals surface area contributed by atoms with Gasteiger partial charge in [0.25, 0.3) is 0 Å². The molecule has 0 bridgehead atoms. The third kappa shape index (κ3) is 5.34. The first-order valence-electron chi connectivity index (χ1n) is 6.51. The maximum absolute atomic E-state index is 12.6. The maximum atomic E-state index is 12.6. The van der Waals surface area contributed by atoms with Crippen molar-refractivity contribution in [1.29, 1.82) is 0 Å². The van der Waals surface area contributed by atoms with Crippen molar-refractivity contribution in [1.82, 2.24) is 5.32 Å². The first kappa shape index (κ1) is 16.9. The van der Waals surface area contributed by atoms with Gasteiger partial charge in [-0.15, -0.1) is 0 Å². The summed E-state index contributed by atoms with van der Waals surface area (Å²) < 4.78 is 37.7. The van der Waals surface area contributed by atoms with Crippen molar-refractivity contribution in [3.05, 3.63) is 70.9 Å². The number of carbonyl (C=O) groups excluding carboxylic acids is 1. The maximum Gasteiger partial charge on any atom is 0.416 e. The average Bonchev–Trinajstić information content (AvgIpc) is 2.49. The van der Waals surface area contributed by atoms with E-state index in [4.69, 9.17) is 11.6 Å². The zero-order valence-electron chi connectivity index (χ0n) is 11.7. The lowest BCUT2D eigenvalue weighted by molar-refractivity contribution is -0.137. The molecule has 0 fully saturated rings. The molecule has 23 heavy (non-hydrogen) atoms. The predicted molar refractivity (Wildman–Crippen MR) is 84.1 cm³/mol. The van der Waals surface area contributed by atoms with Crippen molar-refractivity contribution in [2.75, 3.05) is 5.32 Å². The highest BCUT2D eigenvalue weighted by Gasteiger charge is 2.30. The number of nitrogens with one attached hydrogen (secondary N) is 2. The Morgan fingerprint density at radius 3 is 2.43 bits per heavy atom. The van der Waals surface area contributed by atoms with Crippen LogP contribution in [0.5, 0.6) is 0 Å². The van der Waals surface area contributed by atoms with Crippen LogP contribution in [0, 0.1) is 0 Å². The molecular formula is C16H12ClF3N2O. The molecule has 120 valence electrons. The number of halogens is 4. The minimum atomic E-state index is -4.46. The van der Waals surface area contributed by atoms with Gasteiger partial charge in [0.05, 0.1) is 5.56 Å². The number of hydrogen-bond donors (Lipinski definition) is 2. The van der Waals surface area contributed by atoms with Crippen LogP contribution in [0.4, 0.5) is 23.7 Å². The predicted octanol–water partition coefficient (Wildman–Crippen LogP) is 5.15. The Hall–Kier alpha value is -2.47. The standard InChI is InChI=1S/C16H12ClF3N2O/c17-13-6-4-11(5-7-13)8-9-21-15(23)22-14-3-1-2-12(10-14)16(18,19)20/h1-10H,(H2,21,22,23)/b9-8+. The Labute approximate surface area is 135 Å². The van der Waals surface area contributed by atoms with E-state index in [1.165, 1.54) is 18.3 Å². The van der Waals surface area contributed by atoms with Crippen LogP contribution in [0.1, 0.15) is 11.1 Å². The van der Waals surface area contributed by atoms with Gasteiger partial charge in [-0.25, -0.2) is 4.79 Å². The summed E-state index contributed by atoms with van der Waals surface area (Å²) in [4.78, 5) is 11.6. The topological polar surface area (TPSA) is 41.1 Å². The summed E-state index contributed by atoms with van der Waals surface area (Å²) in [5.41, 5.74) is 0.0398. The average molecular weight is 341 g/mol. The zero-order valence-corrected chi connectivity index (χ0v) is 12.4. The van der Waals surface area contributed by atoms with Crippen LogP contribution in [-0.4, -0.2) is 6.03 Å². The number of anilines is 1. The number of amides is 2. The second-order valence-corrected chi connectivity index (χ2v) is 5.00. The summed E-state index contributed by atoms with van der Waals surface area (Å²) in [6.45, 7) is 0. The quantitative estimate of drug-likeness (QED) is 0.797. The minimum absolute atomic E-state index is 0.0530. The molecule has 0 atom stereocenters. The van der Waals surface area contributed by atoms with Gasteiger partial charge in [-0.05, 0) is 42.0 Å². The summed E-state index contributed by atoms with van der Waals surface area (Å²) in [5, 5.41) is 5.33. The lowest BCUT2D eigenvalue weighted by atomic mass is 10.2. The molecule has 0 heterocycles. The number of hydrogen-bond acceptors (Lipinski definition) is 1. The van der Waals surface area contributed by atoms with Crippen LogP contribution in [0.3, 0.4) is 0 Å². The Bertz CT molecular complexity index is 712. The van der Waals surface area contributed by atoms with Crippen LogP contribution in [0.2, 0.25) is 5.02 Å². The third-order valence-corrected chi connectivity index (χ3v) is 3.06. The molecule has 2 N–H and O–H groups in total. The SMILES string of the molecule is O=C(N/C=C/c1ccc(Cl)cc1)Nc1cccc(C(F)(F)F)c1. The fraction of sp³-hybridized carbons (Fsp3) is 0.0625. The summed E-state index contributed by atoms with van der Waals surface area (Å²) in [6, 6.07) is 10.7. The van der Waals surface area contributed by atoms with E-state index in [0.717, 1.165) is 17.7 Å². The Morgan fingerprint density at radius 2 is 1.78 bits per heavy atom. The Morgan fingerprint density at radius 1 is 1.09 bits per heavy atom. The van der Waals surface area contributed by atoms with Crippen molar-refractivity contribution < 1.29 is 18.0 Å². The molecule has 0 unspecified atom stereocenters. The number of rotatable bonds is 3. The molecule has 0 spiro atoms. The van der Waals surface area contributed by atoms with Crippen LogP contribution in [0.15, 0.2) is 54.7 Å². The van der Waals surface area contributed by atoms with Crippen LogP contribution < -0.4 is 10.6 Å². The largest absolute Gasteiger partial charge is 0.416 e. The molecule has 2 rings (SSSR count). The van der Waals surface area contributed by atoms with Crippen LogP contribution in [-0.2, 0) is 6.18 Å². The number of benzene rings is 2. The van der Waals surface area contributed by atoms with Crippen LogP contribution in [0.25, 0.3) is 6.08 Å². The van der Waals surface area contributed by atoms with Gasteiger partial charge in [-0.3, -0.25) is 0 Å². The fourth-order valence-corrected chi connectivity index (χ4v) is 1.85. The Kier molecular flexibility index (Phi) is 5.28. The van der Waals surface area contributed by atoms with Crippen molar-refractivity contribution in [2.24, 2.45) is 0 Å². The monoisotopic (exact) mass is 340 g/mol. The molecule has 0 aliphatic heterocycles. The number of urea groups is 1. The summed E-state index contributed by atoms with van der Waals surface area (Å²) >= 11 is 5.75. The highest BCUT2D eigenvalue weighted by Crippen LogP contribution is 2.30. The molecule has 0 aliphatic rings. The second-order valence-electron chi connectivity index (χ2n) is 4.56. The second kappa shape index (κ2) is 7.19. The normalized spacial score (nSPS) is 11.5. The van der Waals surface area contributed by atoms with Gasteiger partial charge in [-0.1, -0.05) is 29.8 Å². The van der Waals surface area contributed by atoms with Gasteiger partial charge in [0.1, 0.15) is 0 Å². The molecule has 0 saturated heterocycles. The van der Waals surface area contributed by atoms with E-state index in [9.17, 15) is 18.0 Å². The summed E-state index contributed by atoms with van der Waals surface area (Å²) in [6.07, 6.45) is -1.45. The molecule has 3 nitrogen and oxygen atoms in total. The van der Waals surface area contributed by atoms with E-state index < -0.39 is 17.8 Å². The van der Waals surface area contributed by atoms with E-state index in [1.807, 2.05) is 0 Å². The molecular weight excluding hydrogens is 329 g/mol. The van der Waals surface area contributed by atoms with Crippen molar-refractivity contribution in [3.63, 3.8) is 0 Å². The molecule has 0 radical (unpaired) electrons. The van der Waals surface area contributed by atoms with Gasteiger partial charge in [-0.2, -0.15) is 13.2 Å². The zero-order chi connectivity index (χ0) is 16.9. The molecule has 0 saturated carbocycles. The molecule has 0 aromatic heterocycles. The third-order valence-electron chi connectivity index (χ3n) is 2.81. The Balaban J connectivity index is 1.93. The number of carbonyl (C=O) groups is 1. The first-order valence-corrected chi connectivity index (χ1v) is 6.89. The van der Waals surface area contributed by atoms with Crippen LogP contribution >= 0.6 is 11.6 Å². The van der Waals surface area contributed by atoms with Gasteiger partial charge >= 0.3 is 12.2 Å². The number of alkyl halides is 3. The lowest BCUT2D eigenvalue weighted by Gasteiger charge is -2.09. The van der Waals surface area contributed by atoms with Crippen molar-refractivity contribution >= 4 is 29.4 Å². The van der Waals surface area contributed by atoms with E-state index in [0.29, 0.717) is 5.02 Å². The summed E-state index contributed by atoms with van der Waals surface area (Å²) in [5.74, 6) is 0. The van der Waals surface area contributed by atoms with E-state index in [2.05, 4.69) is 10.6 Å². The van der Waals surface area contributed by atoms with Crippen molar-refractivity contribution in [2.45, 2.75) is 6.18 Å². The van der Waals surface area contributed by atoms with Gasteiger partial charge in [0.2, 0.25) is 0 Å². The molecule has 2 aromatic carbocycles. The van der Waals surface area contributed by atoms with E-state index in [-0.39, 0.29) is 5.69 Å². The molecule has 2 aromatic rings. The highest BCUT2D eigenvalue weighted by atomic mass is 35.5. The minimum Gasteiger partial charge on any atom is -0.314 e. The van der Waals surface area contributed by atoms with E-state index >= 15 is 0 Å². The summed E-state index contributed by atoms with van der Waals surface area (Å²) in [7, 11) is 0. The van der Waals surface area contributed by atoms with Gasteiger partial charge < -0.3 is 10.6 Å².